The van der Waals surface area contributed by atoms with Gasteiger partial charge in [0.15, 0.2) is 0 Å². The van der Waals surface area contributed by atoms with Crippen LogP contribution in [0, 0.1) is 6.92 Å². The molecule has 1 fully saturated rings. The highest BCUT2D eigenvalue weighted by molar-refractivity contribution is 6.34. The Bertz CT molecular complexity index is 1370. The third-order valence-electron chi connectivity index (χ3n) is 6.75. The number of nitrogens with zero attached hydrogens (tertiary/aromatic N) is 2. The van der Waals surface area contributed by atoms with Crippen molar-refractivity contribution in [3.05, 3.63) is 57.9 Å². The molecule has 1 atom stereocenters. The molecule has 3 aromatic rings. The number of aromatic nitrogens is 1. The standard InChI is InChI=1S/C25H25N3O5/c1-3-9-28-12(2)16(25(33)27-10-8-13(26)11-27)17-20(28)24(32)19-18(23(17)31)21(29)14-6-4-5-7-15(14)22(19)30/h4-7,13,29-30H,3,8-11,26H2,1-2H3/t13-/m0/s1. The van der Waals surface area contributed by atoms with Crippen molar-refractivity contribution in [3.63, 3.8) is 0 Å². The fourth-order valence-corrected chi connectivity index (χ4v) is 5.18. The Morgan fingerprint density at radius 3 is 2.21 bits per heavy atom. The molecule has 8 nitrogen and oxygen atoms in total. The highest BCUT2D eigenvalue weighted by Gasteiger charge is 2.43. The molecule has 1 amide bonds. The second-order valence-corrected chi connectivity index (χ2v) is 8.79. The number of carbonyl (C=O) groups excluding carboxylic acids is 3. The molecule has 2 aromatic carbocycles. The number of carbonyl (C=O) groups is 3. The topological polar surface area (TPSA) is 126 Å². The summed E-state index contributed by atoms with van der Waals surface area (Å²) in [6, 6.07) is 6.37. The molecule has 0 unspecified atom stereocenters. The number of nitrogens with two attached hydrogens (primary N) is 1. The lowest BCUT2D eigenvalue weighted by Crippen LogP contribution is -2.33. The molecule has 1 aromatic heterocycles. The van der Waals surface area contributed by atoms with Gasteiger partial charge >= 0.3 is 0 Å². The fraction of sp³-hybridized carbons (Fsp3) is 0.320. The maximum atomic E-state index is 13.8. The number of ketones is 2. The summed E-state index contributed by atoms with van der Waals surface area (Å²) in [5, 5.41) is 22.5. The van der Waals surface area contributed by atoms with E-state index in [1.54, 1.807) is 40.7 Å². The average Bonchev–Trinajstić information content (AvgIpc) is 3.36. The molecular weight excluding hydrogens is 422 g/mol. The van der Waals surface area contributed by atoms with Crippen LogP contribution in [0.3, 0.4) is 0 Å². The van der Waals surface area contributed by atoms with Gasteiger partial charge in [-0.15, -0.1) is 0 Å². The van der Waals surface area contributed by atoms with Crippen molar-refractivity contribution in [2.45, 2.75) is 39.3 Å². The van der Waals surface area contributed by atoms with Crippen molar-refractivity contribution in [2.75, 3.05) is 13.1 Å². The summed E-state index contributed by atoms with van der Waals surface area (Å²) in [5.41, 5.74) is 6.28. The van der Waals surface area contributed by atoms with E-state index in [9.17, 15) is 24.6 Å². The van der Waals surface area contributed by atoms with Crippen LogP contribution in [0.1, 0.15) is 67.8 Å². The minimum absolute atomic E-state index is 0.00565. The minimum Gasteiger partial charge on any atom is -0.506 e. The predicted octanol–water partition coefficient (Wildman–Crippen LogP) is 2.72. The fourth-order valence-electron chi connectivity index (χ4n) is 5.18. The van der Waals surface area contributed by atoms with Gasteiger partial charge in [-0.05, 0) is 19.8 Å². The van der Waals surface area contributed by atoms with Gasteiger partial charge in [0, 0.05) is 42.1 Å². The number of phenols is 2. The molecule has 0 saturated carbocycles. The Hall–Kier alpha value is -3.65. The minimum atomic E-state index is -0.636. The first kappa shape index (κ1) is 21.2. The van der Waals surface area contributed by atoms with E-state index in [0.29, 0.717) is 38.2 Å². The number of hydrogen-bond acceptors (Lipinski definition) is 6. The van der Waals surface area contributed by atoms with Crippen LogP contribution in [0.4, 0.5) is 0 Å². The normalized spacial score (nSPS) is 17.5. The zero-order chi connectivity index (χ0) is 23.6. The van der Waals surface area contributed by atoms with Crippen LogP contribution >= 0.6 is 0 Å². The van der Waals surface area contributed by atoms with Gasteiger partial charge in [0.2, 0.25) is 11.6 Å². The second kappa shape index (κ2) is 7.45. The summed E-state index contributed by atoms with van der Waals surface area (Å²) in [4.78, 5) is 42.7. The first-order chi connectivity index (χ1) is 15.8. The molecule has 2 aliphatic rings. The smallest absolute Gasteiger partial charge is 0.256 e. The number of rotatable bonds is 3. The van der Waals surface area contributed by atoms with Crippen molar-refractivity contribution in [1.82, 2.24) is 9.47 Å². The highest BCUT2D eigenvalue weighted by atomic mass is 16.3. The van der Waals surface area contributed by atoms with Crippen LogP contribution in [-0.4, -0.2) is 56.3 Å². The van der Waals surface area contributed by atoms with Crippen molar-refractivity contribution < 1.29 is 24.6 Å². The first-order valence-electron chi connectivity index (χ1n) is 11.1. The maximum Gasteiger partial charge on any atom is 0.256 e. The van der Waals surface area contributed by atoms with Gasteiger partial charge in [0.05, 0.1) is 22.3 Å². The summed E-state index contributed by atoms with van der Waals surface area (Å²) in [7, 11) is 0. The lowest BCUT2D eigenvalue weighted by molar-refractivity contribution is 0.0785. The molecule has 4 N–H and O–H groups in total. The van der Waals surface area contributed by atoms with E-state index in [4.69, 9.17) is 5.73 Å². The van der Waals surface area contributed by atoms with Crippen molar-refractivity contribution in [1.29, 1.82) is 0 Å². The molecule has 33 heavy (non-hydrogen) atoms. The quantitative estimate of drug-likeness (QED) is 0.415. The Kier molecular flexibility index (Phi) is 4.79. The van der Waals surface area contributed by atoms with Crippen molar-refractivity contribution in [2.24, 2.45) is 5.73 Å². The molecular formula is C25H25N3O5. The third-order valence-corrected chi connectivity index (χ3v) is 6.75. The molecule has 0 radical (unpaired) electrons. The average molecular weight is 447 g/mol. The van der Waals surface area contributed by atoms with Gasteiger partial charge in [-0.2, -0.15) is 0 Å². The number of hydrogen-bond donors (Lipinski definition) is 3. The SMILES string of the molecule is CCCn1c(C)c(C(=O)N2CC[C@H](N)C2)c2c1C(=O)c1c(c(O)c3ccccc3c1O)C2=O. The van der Waals surface area contributed by atoms with Crippen LogP contribution in [0.5, 0.6) is 11.5 Å². The first-order valence-corrected chi connectivity index (χ1v) is 11.1. The van der Waals surface area contributed by atoms with E-state index in [-0.39, 0.29) is 62.2 Å². The third kappa shape index (κ3) is 2.83. The summed E-state index contributed by atoms with van der Waals surface area (Å²) in [6.07, 6.45) is 1.34. The van der Waals surface area contributed by atoms with Crippen LogP contribution in [0.2, 0.25) is 0 Å². The Morgan fingerprint density at radius 1 is 1.06 bits per heavy atom. The van der Waals surface area contributed by atoms with Gasteiger partial charge in [0.25, 0.3) is 5.91 Å². The van der Waals surface area contributed by atoms with E-state index in [1.165, 1.54) is 0 Å². The van der Waals surface area contributed by atoms with Crippen LogP contribution < -0.4 is 5.73 Å². The maximum absolute atomic E-state index is 13.8. The van der Waals surface area contributed by atoms with Crippen LogP contribution in [0.25, 0.3) is 10.8 Å². The van der Waals surface area contributed by atoms with Gasteiger partial charge in [-0.25, -0.2) is 0 Å². The molecule has 1 aliphatic carbocycles. The zero-order valence-electron chi connectivity index (χ0n) is 18.5. The molecule has 1 aliphatic heterocycles. The summed E-state index contributed by atoms with van der Waals surface area (Å²) >= 11 is 0. The monoisotopic (exact) mass is 447 g/mol. The number of aromatic hydroxyl groups is 2. The zero-order valence-corrected chi connectivity index (χ0v) is 18.5. The number of benzene rings is 2. The van der Waals surface area contributed by atoms with Gasteiger partial charge in [0.1, 0.15) is 17.2 Å². The summed E-state index contributed by atoms with van der Waals surface area (Å²) in [5.74, 6) is -2.27. The second-order valence-electron chi connectivity index (χ2n) is 8.79. The Morgan fingerprint density at radius 2 is 1.67 bits per heavy atom. The molecule has 0 spiro atoms. The van der Waals surface area contributed by atoms with Crippen molar-refractivity contribution >= 4 is 28.2 Å². The lowest BCUT2D eigenvalue weighted by atomic mass is 9.82. The van der Waals surface area contributed by atoms with E-state index in [0.717, 1.165) is 0 Å². The largest absolute Gasteiger partial charge is 0.506 e. The highest BCUT2D eigenvalue weighted by Crippen LogP contribution is 2.45. The number of amides is 1. The predicted molar refractivity (Wildman–Crippen MR) is 122 cm³/mol. The number of likely N-dealkylation sites (tertiary alicyclic amines) is 1. The summed E-state index contributed by atoms with van der Waals surface area (Å²) in [6.45, 7) is 4.94. The molecule has 8 heteroatoms. The number of fused-ring (bicyclic) bond motifs is 3. The molecule has 0 bridgehead atoms. The van der Waals surface area contributed by atoms with Crippen molar-refractivity contribution in [3.8, 4) is 11.5 Å². The van der Waals surface area contributed by atoms with Gasteiger partial charge < -0.3 is 25.4 Å². The lowest BCUT2D eigenvalue weighted by Gasteiger charge is -2.22. The molecule has 5 rings (SSSR count). The summed E-state index contributed by atoms with van der Waals surface area (Å²) < 4.78 is 1.69. The Labute approximate surface area is 190 Å². The van der Waals surface area contributed by atoms with Gasteiger partial charge in [-0.3, -0.25) is 14.4 Å². The number of phenolic OH excluding ortho intramolecular Hbond substituents is 2. The van der Waals surface area contributed by atoms with Crippen LogP contribution in [-0.2, 0) is 6.54 Å². The van der Waals surface area contributed by atoms with E-state index >= 15 is 0 Å². The molecule has 170 valence electrons. The Balaban J connectivity index is 1.81. The van der Waals surface area contributed by atoms with Crippen LogP contribution in [0.15, 0.2) is 24.3 Å². The molecule has 2 heterocycles. The van der Waals surface area contributed by atoms with E-state index in [2.05, 4.69) is 0 Å². The van der Waals surface area contributed by atoms with E-state index < -0.39 is 11.6 Å². The van der Waals surface area contributed by atoms with E-state index in [1.807, 2.05) is 6.92 Å². The van der Waals surface area contributed by atoms with Gasteiger partial charge in [-0.1, -0.05) is 31.2 Å². The molecule has 1 saturated heterocycles.